The lowest BCUT2D eigenvalue weighted by molar-refractivity contribution is -0.00328. The molecule has 0 atom stereocenters. The molecule has 0 spiro atoms. The summed E-state index contributed by atoms with van der Waals surface area (Å²) >= 11 is 0. The molecule has 0 saturated carbocycles. The van der Waals surface area contributed by atoms with Crippen molar-refractivity contribution in [3.8, 4) is 0 Å². The van der Waals surface area contributed by atoms with Crippen molar-refractivity contribution in [1.82, 2.24) is 4.98 Å². The second-order valence-electron chi connectivity index (χ2n) is 6.61. The first-order valence-electron chi connectivity index (χ1n) is 7.49. The Bertz CT molecular complexity index is 559. The molecule has 108 valence electrons. The molecular formula is C18H25NO. The van der Waals surface area contributed by atoms with Crippen molar-refractivity contribution < 1.29 is 5.11 Å². The minimum atomic E-state index is -0.795. The monoisotopic (exact) mass is 271 g/mol. The lowest BCUT2D eigenvalue weighted by Gasteiger charge is -2.32. The van der Waals surface area contributed by atoms with Crippen molar-refractivity contribution >= 4 is 10.9 Å². The highest BCUT2D eigenvalue weighted by Gasteiger charge is 2.32. The summed E-state index contributed by atoms with van der Waals surface area (Å²) in [5, 5.41) is 12.4. The van der Waals surface area contributed by atoms with Gasteiger partial charge in [-0.05, 0) is 30.7 Å². The van der Waals surface area contributed by atoms with Crippen LogP contribution >= 0.6 is 0 Å². The van der Waals surface area contributed by atoms with Crippen molar-refractivity contribution in [3.63, 3.8) is 0 Å². The van der Waals surface area contributed by atoms with Gasteiger partial charge in [-0.1, -0.05) is 52.0 Å². The molecule has 0 fully saturated rings. The Labute approximate surface area is 121 Å². The van der Waals surface area contributed by atoms with Crippen LogP contribution in [0.15, 0.2) is 36.5 Å². The summed E-state index contributed by atoms with van der Waals surface area (Å²) in [6.07, 6.45) is 3.33. The summed E-state index contributed by atoms with van der Waals surface area (Å²) in [5.74, 6) is 0.885. The third kappa shape index (κ3) is 3.18. The van der Waals surface area contributed by atoms with E-state index in [2.05, 4.69) is 44.8 Å². The first kappa shape index (κ1) is 15.0. The fraction of sp³-hybridized carbons (Fsp3) is 0.500. The van der Waals surface area contributed by atoms with Crippen molar-refractivity contribution in [2.45, 2.75) is 46.1 Å². The van der Waals surface area contributed by atoms with Gasteiger partial charge in [-0.2, -0.15) is 0 Å². The molecule has 2 heteroatoms. The van der Waals surface area contributed by atoms with Gasteiger partial charge in [0, 0.05) is 17.1 Å². The molecule has 0 bridgehead atoms. The Hall–Kier alpha value is -1.41. The van der Waals surface area contributed by atoms with Crippen LogP contribution in [0.1, 0.15) is 46.1 Å². The minimum Gasteiger partial charge on any atom is -0.385 e. The van der Waals surface area contributed by atoms with Crippen molar-refractivity contribution in [2.75, 3.05) is 0 Å². The molecule has 2 rings (SSSR count). The summed E-state index contributed by atoms with van der Waals surface area (Å²) in [7, 11) is 0. The maximum Gasteiger partial charge on any atom is 0.0922 e. The Morgan fingerprint density at radius 1 is 1.00 bits per heavy atom. The summed E-state index contributed by atoms with van der Waals surface area (Å²) in [6.45, 7) is 8.63. The van der Waals surface area contributed by atoms with Crippen LogP contribution in [0.4, 0.5) is 0 Å². The molecule has 0 amide bonds. The molecule has 0 aliphatic heterocycles. The summed E-state index contributed by atoms with van der Waals surface area (Å²) in [6, 6.07) is 10.1. The Balaban J connectivity index is 2.56. The number of hydrogen-bond acceptors (Lipinski definition) is 2. The topological polar surface area (TPSA) is 33.1 Å². The van der Waals surface area contributed by atoms with E-state index in [1.165, 1.54) is 0 Å². The molecule has 0 aliphatic rings. The van der Waals surface area contributed by atoms with Gasteiger partial charge in [0.25, 0.3) is 0 Å². The molecule has 0 unspecified atom stereocenters. The van der Waals surface area contributed by atoms with Crippen LogP contribution in [-0.2, 0) is 5.60 Å². The van der Waals surface area contributed by atoms with Gasteiger partial charge in [0.15, 0.2) is 0 Å². The number of benzene rings is 1. The van der Waals surface area contributed by atoms with Crippen LogP contribution in [0, 0.1) is 11.8 Å². The molecule has 0 radical (unpaired) electrons. The first-order valence-corrected chi connectivity index (χ1v) is 7.49. The molecular weight excluding hydrogens is 246 g/mol. The van der Waals surface area contributed by atoms with Gasteiger partial charge in [0.1, 0.15) is 0 Å². The highest BCUT2D eigenvalue weighted by Crippen LogP contribution is 2.37. The van der Waals surface area contributed by atoms with Gasteiger partial charge in [0.2, 0.25) is 0 Å². The normalized spacial score (nSPS) is 12.6. The molecule has 1 aromatic heterocycles. The van der Waals surface area contributed by atoms with Gasteiger partial charge in [-0.15, -0.1) is 0 Å². The molecule has 20 heavy (non-hydrogen) atoms. The predicted molar refractivity (Wildman–Crippen MR) is 84.5 cm³/mol. The minimum absolute atomic E-state index is 0.442. The Morgan fingerprint density at radius 3 is 2.20 bits per heavy atom. The van der Waals surface area contributed by atoms with E-state index >= 15 is 0 Å². The van der Waals surface area contributed by atoms with Gasteiger partial charge in [-0.3, -0.25) is 4.98 Å². The fourth-order valence-electron chi connectivity index (χ4n) is 3.13. The quantitative estimate of drug-likeness (QED) is 0.867. The van der Waals surface area contributed by atoms with E-state index in [0.29, 0.717) is 11.8 Å². The van der Waals surface area contributed by atoms with E-state index < -0.39 is 5.60 Å². The van der Waals surface area contributed by atoms with E-state index in [1.54, 1.807) is 6.20 Å². The van der Waals surface area contributed by atoms with E-state index in [1.807, 2.05) is 18.2 Å². The van der Waals surface area contributed by atoms with Gasteiger partial charge in [0.05, 0.1) is 11.1 Å². The Kier molecular flexibility index (Phi) is 4.44. The lowest BCUT2D eigenvalue weighted by atomic mass is 9.79. The maximum atomic E-state index is 11.3. The molecule has 1 N–H and O–H groups in total. The zero-order chi connectivity index (χ0) is 14.8. The molecule has 2 aromatic rings. The van der Waals surface area contributed by atoms with Crippen LogP contribution in [-0.4, -0.2) is 10.1 Å². The largest absolute Gasteiger partial charge is 0.385 e. The van der Waals surface area contributed by atoms with Crippen molar-refractivity contribution in [1.29, 1.82) is 0 Å². The van der Waals surface area contributed by atoms with Crippen LogP contribution in [0.5, 0.6) is 0 Å². The van der Waals surface area contributed by atoms with Crippen LogP contribution < -0.4 is 0 Å². The smallest absolute Gasteiger partial charge is 0.0922 e. The summed E-state index contributed by atoms with van der Waals surface area (Å²) in [4.78, 5) is 4.50. The predicted octanol–water partition coefficient (Wildman–Crippen LogP) is 4.51. The molecule has 0 saturated heterocycles. The average Bonchev–Trinajstić information content (AvgIpc) is 2.36. The highest BCUT2D eigenvalue weighted by atomic mass is 16.3. The number of nitrogens with zero attached hydrogens (tertiary/aromatic N) is 1. The second kappa shape index (κ2) is 5.92. The molecule has 0 aliphatic carbocycles. The highest BCUT2D eigenvalue weighted by molar-refractivity contribution is 5.82. The van der Waals surface area contributed by atoms with E-state index in [0.717, 1.165) is 29.3 Å². The zero-order valence-electron chi connectivity index (χ0n) is 12.9. The number of aromatic nitrogens is 1. The second-order valence-corrected chi connectivity index (χ2v) is 6.61. The average molecular weight is 271 g/mol. The molecule has 1 heterocycles. The summed E-state index contributed by atoms with van der Waals surface area (Å²) in [5.41, 5.74) is 1.10. The maximum absolute atomic E-state index is 11.3. The van der Waals surface area contributed by atoms with Crippen molar-refractivity contribution in [2.24, 2.45) is 11.8 Å². The van der Waals surface area contributed by atoms with Gasteiger partial charge < -0.3 is 5.11 Å². The SMILES string of the molecule is CC(C)CC(O)(CC(C)C)c1cccc2cccnc12. The number of rotatable bonds is 5. The molecule has 2 nitrogen and oxygen atoms in total. The van der Waals surface area contributed by atoms with Crippen LogP contribution in [0.3, 0.4) is 0 Å². The number of aliphatic hydroxyl groups is 1. The van der Waals surface area contributed by atoms with Gasteiger partial charge >= 0.3 is 0 Å². The summed E-state index contributed by atoms with van der Waals surface area (Å²) < 4.78 is 0. The number of para-hydroxylation sites is 1. The van der Waals surface area contributed by atoms with E-state index in [4.69, 9.17) is 0 Å². The van der Waals surface area contributed by atoms with E-state index in [9.17, 15) is 5.11 Å². The van der Waals surface area contributed by atoms with Gasteiger partial charge in [-0.25, -0.2) is 0 Å². The Morgan fingerprint density at radius 2 is 1.60 bits per heavy atom. The number of pyridine rings is 1. The van der Waals surface area contributed by atoms with E-state index in [-0.39, 0.29) is 0 Å². The van der Waals surface area contributed by atoms with Crippen LogP contribution in [0.25, 0.3) is 10.9 Å². The fourth-order valence-corrected chi connectivity index (χ4v) is 3.13. The molecule has 1 aromatic carbocycles. The number of fused-ring (bicyclic) bond motifs is 1. The lowest BCUT2D eigenvalue weighted by Crippen LogP contribution is -2.30. The third-order valence-corrected chi connectivity index (χ3v) is 3.63. The van der Waals surface area contributed by atoms with Crippen LogP contribution in [0.2, 0.25) is 0 Å². The third-order valence-electron chi connectivity index (χ3n) is 3.63. The first-order chi connectivity index (χ1) is 9.42. The standard InChI is InChI=1S/C18H25NO/c1-13(2)11-18(20,12-14(3)4)16-9-5-7-15-8-6-10-19-17(15)16/h5-10,13-14,20H,11-12H2,1-4H3. The van der Waals surface area contributed by atoms with Crippen molar-refractivity contribution in [3.05, 3.63) is 42.1 Å². The number of hydrogen-bond donors (Lipinski definition) is 1. The zero-order valence-corrected chi connectivity index (χ0v) is 12.9.